The molecule has 1 aromatic carbocycles. The van der Waals surface area contributed by atoms with Gasteiger partial charge in [0.05, 0.1) is 6.42 Å². The van der Waals surface area contributed by atoms with E-state index in [2.05, 4.69) is 33.0 Å². The summed E-state index contributed by atoms with van der Waals surface area (Å²) in [6.07, 6.45) is 4.03. The normalized spacial score (nSPS) is 15.4. The van der Waals surface area contributed by atoms with Crippen molar-refractivity contribution < 1.29 is 4.79 Å². The van der Waals surface area contributed by atoms with Crippen LogP contribution in [0.4, 0.5) is 5.82 Å². The minimum absolute atomic E-state index is 0.224. The Morgan fingerprint density at radius 1 is 1.20 bits per heavy atom. The minimum Gasteiger partial charge on any atom is -0.366 e. The molecule has 0 aliphatic carbocycles. The van der Waals surface area contributed by atoms with Gasteiger partial charge in [-0.3, -0.25) is 4.79 Å². The number of rotatable bonds is 4. The summed E-state index contributed by atoms with van der Waals surface area (Å²) in [5.41, 5.74) is 1.14. The third-order valence-electron chi connectivity index (χ3n) is 4.67. The van der Waals surface area contributed by atoms with Gasteiger partial charge in [-0.1, -0.05) is 18.2 Å². The molecule has 1 fully saturated rings. The number of carbonyl (C=O) groups is 1. The van der Waals surface area contributed by atoms with Crippen LogP contribution in [-0.4, -0.2) is 40.1 Å². The number of hydrogen-bond acceptors (Lipinski definition) is 5. The number of fused-ring (bicyclic) bond motifs is 1. The Bertz CT molecular complexity index is 856. The zero-order valence-electron chi connectivity index (χ0n) is 13.9. The van der Waals surface area contributed by atoms with E-state index in [1.807, 2.05) is 29.2 Å². The molecule has 1 amide bonds. The molecule has 0 unspecified atom stereocenters. The van der Waals surface area contributed by atoms with E-state index in [1.165, 1.54) is 10.1 Å². The average molecular weight is 352 g/mol. The van der Waals surface area contributed by atoms with Crippen LogP contribution in [0, 0.1) is 0 Å². The van der Waals surface area contributed by atoms with Crippen molar-refractivity contribution >= 4 is 33.1 Å². The number of carbonyl (C=O) groups excluding carboxylic acids is 1. The van der Waals surface area contributed by atoms with E-state index in [9.17, 15) is 4.79 Å². The Morgan fingerprint density at radius 2 is 2.04 bits per heavy atom. The first-order valence-corrected chi connectivity index (χ1v) is 9.45. The Labute approximate surface area is 150 Å². The van der Waals surface area contributed by atoms with Crippen molar-refractivity contribution in [3.63, 3.8) is 0 Å². The van der Waals surface area contributed by atoms with Crippen molar-refractivity contribution in [3.8, 4) is 0 Å². The first-order chi connectivity index (χ1) is 12.3. The van der Waals surface area contributed by atoms with Crippen molar-refractivity contribution in [2.45, 2.75) is 25.3 Å². The minimum atomic E-state index is 0.224. The summed E-state index contributed by atoms with van der Waals surface area (Å²) < 4.78 is 1.25. The molecule has 6 heteroatoms. The number of piperidine rings is 1. The quantitative estimate of drug-likeness (QED) is 0.782. The number of anilines is 1. The fourth-order valence-electron chi connectivity index (χ4n) is 3.31. The molecule has 5 nitrogen and oxygen atoms in total. The molecule has 0 bridgehead atoms. The van der Waals surface area contributed by atoms with Gasteiger partial charge in [-0.25, -0.2) is 0 Å². The van der Waals surface area contributed by atoms with E-state index >= 15 is 0 Å². The highest BCUT2D eigenvalue weighted by atomic mass is 32.1. The summed E-state index contributed by atoms with van der Waals surface area (Å²) in [7, 11) is 0. The number of thiophene rings is 1. The average Bonchev–Trinajstić information content (AvgIpc) is 3.06. The first-order valence-electron chi connectivity index (χ1n) is 8.57. The zero-order chi connectivity index (χ0) is 17.1. The fraction of sp³-hybridized carbons (Fsp3) is 0.316. The van der Waals surface area contributed by atoms with Crippen molar-refractivity contribution in [2.75, 3.05) is 18.4 Å². The van der Waals surface area contributed by atoms with Crippen LogP contribution in [0.25, 0.3) is 10.1 Å². The van der Waals surface area contributed by atoms with Gasteiger partial charge in [0.15, 0.2) is 0 Å². The summed E-state index contributed by atoms with van der Waals surface area (Å²) in [6.45, 7) is 1.58. The van der Waals surface area contributed by atoms with Crippen LogP contribution in [0.2, 0.25) is 0 Å². The highest BCUT2D eigenvalue weighted by molar-refractivity contribution is 7.17. The van der Waals surface area contributed by atoms with Crippen molar-refractivity contribution in [1.29, 1.82) is 0 Å². The van der Waals surface area contributed by atoms with Gasteiger partial charge in [0.25, 0.3) is 0 Å². The van der Waals surface area contributed by atoms with Gasteiger partial charge in [-0.15, -0.1) is 16.4 Å². The van der Waals surface area contributed by atoms with Crippen molar-refractivity contribution in [3.05, 3.63) is 53.5 Å². The number of likely N-dealkylation sites (tertiary alicyclic amines) is 1. The monoisotopic (exact) mass is 352 g/mol. The van der Waals surface area contributed by atoms with Gasteiger partial charge in [0, 0.05) is 30.0 Å². The van der Waals surface area contributed by atoms with Crippen LogP contribution in [0.5, 0.6) is 0 Å². The van der Waals surface area contributed by atoms with Crippen molar-refractivity contribution in [1.82, 2.24) is 15.1 Å². The second-order valence-corrected chi connectivity index (χ2v) is 7.25. The number of amides is 1. The van der Waals surface area contributed by atoms with Crippen LogP contribution >= 0.6 is 11.3 Å². The van der Waals surface area contributed by atoms with Gasteiger partial charge < -0.3 is 10.2 Å². The van der Waals surface area contributed by atoms with Crippen LogP contribution in [0.15, 0.2) is 48.0 Å². The maximum Gasteiger partial charge on any atom is 0.227 e. The van der Waals surface area contributed by atoms with E-state index in [1.54, 1.807) is 17.5 Å². The number of nitrogens with zero attached hydrogens (tertiary/aromatic N) is 3. The molecule has 2 aromatic heterocycles. The summed E-state index contributed by atoms with van der Waals surface area (Å²) >= 11 is 1.71. The Hall–Kier alpha value is -2.47. The Kier molecular flexibility index (Phi) is 4.61. The lowest BCUT2D eigenvalue weighted by Gasteiger charge is -2.32. The molecule has 3 heterocycles. The summed E-state index contributed by atoms with van der Waals surface area (Å²) in [4.78, 5) is 14.6. The highest BCUT2D eigenvalue weighted by Gasteiger charge is 2.23. The van der Waals surface area contributed by atoms with E-state index in [4.69, 9.17) is 0 Å². The molecular formula is C19H20N4OS. The number of benzene rings is 1. The highest BCUT2D eigenvalue weighted by Crippen LogP contribution is 2.26. The molecule has 1 aliphatic heterocycles. The molecular weight excluding hydrogens is 332 g/mol. The topological polar surface area (TPSA) is 58.1 Å². The molecule has 1 N–H and O–H groups in total. The van der Waals surface area contributed by atoms with E-state index in [0.717, 1.165) is 37.3 Å². The standard InChI is InChI=1S/C19H20N4OS/c24-19(12-14-13-25-17-5-2-1-4-16(14)17)23-10-7-15(8-11-23)21-18-6-3-9-20-22-18/h1-6,9,13,15H,7-8,10-12H2,(H,21,22). The van der Waals surface area contributed by atoms with Gasteiger partial charge in [-0.2, -0.15) is 5.10 Å². The molecule has 0 saturated carbocycles. The van der Waals surface area contributed by atoms with Gasteiger partial charge in [0.1, 0.15) is 5.82 Å². The van der Waals surface area contributed by atoms with Crippen LogP contribution in [-0.2, 0) is 11.2 Å². The summed E-state index contributed by atoms with van der Waals surface area (Å²) in [5.74, 6) is 1.03. The van der Waals surface area contributed by atoms with Gasteiger partial charge in [-0.05, 0) is 47.4 Å². The molecule has 0 radical (unpaired) electrons. The number of nitrogens with one attached hydrogen (secondary N) is 1. The Morgan fingerprint density at radius 3 is 2.84 bits per heavy atom. The predicted molar refractivity (Wildman–Crippen MR) is 101 cm³/mol. The molecule has 25 heavy (non-hydrogen) atoms. The second kappa shape index (κ2) is 7.19. The third-order valence-corrected chi connectivity index (χ3v) is 5.69. The number of aromatic nitrogens is 2. The third kappa shape index (κ3) is 3.64. The van der Waals surface area contributed by atoms with Crippen LogP contribution < -0.4 is 5.32 Å². The lowest BCUT2D eigenvalue weighted by Crippen LogP contribution is -2.43. The molecule has 1 aliphatic rings. The molecule has 128 valence electrons. The second-order valence-electron chi connectivity index (χ2n) is 6.34. The van der Waals surface area contributed by atoms with Crippen LogP contribution in [0.3, 0.4) is 0 Å². The predicted octanol–water partition coefficient (Wildman–Crippen LogP) is 3.34. The summed E-state index contributed by atoms with van der Waals surface area (Å²) in [5, 5.41) is 14.7. The fourth-order valence-corrected chi connectivity index (χ4v) is 4.27. The van der Waals surface area contributed by atoms with Gasteiger partial charge in [0.2, 0.25) is 5.91 Å². The smallest absolute Gasteiger partial charge is 0.227 e. The molecule has 1 saturated heterocycles. The maximum absolute atomic E-state index is 12.7. The van der Waals surface area contributed by atoms with E-state index in [-0.39, 0.29) is 5.91 Å². The van der Waals surface area contributed by atoms with Crippen molar-refractivity contribution in [2.24, 2.45) is 0 Å². The number of hydrogen-bond donors (Lipinski definition) is 1. The summed E-state index contributed by atoms with van der Waals surface area (Å²) in [6, 6.07) is 12.4. The largest absolute Gasteiger partial charge is 0.366 e. The SMILES string of the molecule is O=C(Cc1csc2ccccc12)N1CCC(Nc2cccnn2)CC1. The van der Waals surface area contributed by atoms with Gasteiger partial charge >= 0.3 is 0 Å². The molecule has 3 aromatic rings. The first kappa shape index (κ1) is 16.0. The maximum atomic E-state index is 12.7. The molecule has 0 spiro atoms. The zero-order valence-corrected chi connectivity index (χ0v) is 14.7. The lowest BCUT2D eigenvalue weighted by molar-refractivity contribution is -0.131. The molecule has 0 atom stereocenters. The lowest BCUT2D eigenvalue weighted by atomic mass is 10.0. The Balaban J connectivity index is 1.33. The van der Waals surface area contributed by atoms with Crippen LogP contribution in [0.1, 0.15) is 18.4 Å². The molecule has 4 rings (SSSR count). The van der Waals surface area contributed by atoms with E-state index < -0.39 is 0 Å². The van der Waals surface area contributed by atoms with E-state index in [0.29, 0.717) is 12.5 Å².